The molecule has 0 aliphatic rings. The van der Waals surface area contributed by atoms with E-state index in [9.17, 15) is 4.79 Å². The Balaban J connectivity index is 2.83. The average molecular weight is 238 g/mol. The summed E-state index contributed by atoms with van der Waals surface area (Å²) in [6.07, 6.45) is 0.264. The highest BCUT2D eigenvalue weighted by Gasteiger charge is 2.10. The SMILES string of the molecule is COc1ccc(OC)c(NC(=O)CC(C)N)c1. The van der Waals surface area contributed by atoms with E-state index in [-0.39, 0.29) is 18.4 Å². The molecule has 0 aliphatic heterocycles. The van der Waals surface area contributed by atoms with Crippen LogP contribution in [0.4, 0.5) is 5.69 Å². The molecule has 0 aromatic heterocycles. The van der Waals surface area contributed by atoms with Crippen molar-refractivity contribution in [1.82, 2.24) is 0 Å². The summed E-state index contributed by atoms with van der Waals surface area (Å²) in [4.78, 5) is 11.6. The molecule has 0 aliphatic carbocycles. The first-order valence-electron chi connectivity index (χ1n) is 5.34. The predicted molar refractivity (Wildman–Crippen MR) is 66.4 cm³/mol. The van der Waals surface area contributed by atoms with Gasteiger partial charge in [0, 0.05) is 18.5 Å². The molecule has 0 radical (unpaired) electrons. The Kier molecular flexibility index (Phi) is 4.78. The van der Waals surface area contributed by atoms with E-state index in [0.717, 1.165) is 0 Å². The van der Waals surface area contributed by atoms with Gasteiger partial charge in [0.25, 0.3) is 0 Å². The van der Waals surface area contributed by atoms with Crippen LogP contribution in [-0.2, 0) is 4.79 Å². The fraction of sp³-hybridized carbons (Fsp3) is 0.417. The summed E-state index contributed by atoms with van der Waals surface area (Å²) in [5.41, 5.74) is 6.14. The lowest BCUT2D eigenvalue weighted by Crippen LogP contribution is -2.24. The summed E-state index contributed by atoms with van der Waals surface area (Å²) in [5, 5.41) is 2.74. The van der Waals surface area contributed by atoms with E-state index in [4.69, 9.17) is 15.2 Å². The molecule has 94 valence electrons. The van der Waals surface area contributed by atoms with E-state index in [1.54, 1.807) is 39.3 Å². The third-order valence-corrected chi connectivity index (χ3v) is 2.19. The van der Waals surface area contributed by atoms with Crippen molar-refractivity contribution in [1.29, 1.82) is 0 Å². The summed E-state index contributed by atoms with van der Waals surface area (Å²) in [6, 6.07) is 5.03. The second-order valence-electron chi connectivity index (χ2n) is 3.80. The number of benzene rings is 1. The van der Waals surface area contributed by atoms with Gasteiger partial charge >= 0.3 is 0 Å². The number of rotatable bonds is 5. The van der Waals surface area contributed by atoms with Crippen LogP contribution in [-0.4, -0.2) is 26.2 Å². The van der Waals surface area contributed by atoms with Gasteiger partial charge in [0.1, 0.15) is 11.5 Å². The molecule has 0 spiro atoms. The molecule has 1 rings (SSSR count). The van der Waals surface area contributed by atoms with Gasteiger partial charge < -0.3 is 20.5 Å². The van der Waals surface area contributed by atoms with Gasteiger partial charge in [-0.2, -0.15) is 0 Å². The normalized spacial score (nSPS) is 11.8. The zero-order chi connectivity index (χ0) is 12.8. The molecular formula is C12H18N2O3. The molecule has 5 nitrogen and oxygen atoms in total. The van der Waals surface area contributed by atoms with E-state index in [1.165, 1.54) is 0 Å². The maximum Gasteiger partial charge on any atom is 0.226 e. The summed E-state index contributed by atoms with van der Waals surface area (Å²) in [6.45, 7) is 1.78. The molecule has 1 aromatic carbocycles. The van der Waals surface area contributed by atoms with Crippen molar-refractivity contribution < 1.29 is 14.3 Å². The van der Waals surface area contributed by atoms with Crippen molar-refractivity contribution in [2.24, 2.45) is 5.73 Å². The quantitative estimate of drug-likeness (QED) is 0.812. The number of amides is 1. The van der Waals surface area contributed by atoms with Crippen LogP contribution in [0.15, 0.2) is 18.2 Å². The first-order chi connectivity index (χ1) is 8.06. The number of ether oxygens (including phenoxy) is 2. The van der Waals surface area contributed by atoms with Crippen LogP contribution >= 0.6 is 0 Å². The highest BCUT2D eigenvalue weighted by Crippen LogP contribution is 2.28. The summed E-state index contributed by atoms with van der Waals surface area (Å²) < 4.78 is 10.2. The number of anilines is 1. The maximum atomic E-state index is 11.6. The topological polar surface area (TPSA) is 73.6 Å². The summed E-state index contributed by atoms with van der Waals surface area (Å²) in [7, 11) is 3.11. The smallest absolute Gasteiger partial charge is 0.226 e. The van der Waals surface area contributed by atoms with E-state index in [2.05, 4.69) is 5.32 Å². The van der Waals surface area contributed by atoms with Crippen molar-refractivity contribution in [2.75, 3.05) is 19.5 Å². The molecule has 17 heavy (non-hydrogen) atoms. The van der Waals surface area contributed by atoms with Gasteiger partial charge in [-0.15, -0.1) is 0 Å². The molecule has 0 saturated heterocycles. The van der Waals surface area contributed by atoms with Crippen LogP contribution in [0.25, 0.3) is 0 Å². The molecular weight excluding hydrogens is 220 g/mol. The predicted octanol–water partition coefficient (Wildman–Crippen LogP) is 1.38. The van der Waals surface area contributed by atoms with Crippen LogP contribution in [0.1, 0.15) is 13.3 Å². The number of methoxy groups -OCH3 is 2. The second kappa shape index (κ2) is 6.10. The number of hydrogen-bond acceptors (Lipinski definition) is 4. The average Bonchev–Trinajstić information content (AvgIpc) is 2.27. The monoisotopic (exact) mass is 238 g/mol. The zero-order valence-corrected chi connectivity index (χ0v) is 10.3. The van der Waals surface area contributed by atoms with Crippen molar-refractivity contribution in [3.63, 3.8) is 0 Å². The van der Waals surface area contributed by atoms with Crippen molar-refractivity contribution in [3.05, 3.63) is 18.2 Å². The van der Waals surface area contributed by atoms with Gasteiger partial charge in [0.2, 0.25) is 5.91 Å². The van der Waals surface area contributed by atoms with Gasteiger partial charge in [-0.05, 0) is 19.1 Å². The van der Waals surface area contributed by atoms with Gasteiger partial charge in [-0.25, -0.2) is 0 Å². The number of hydrogen-bond donors (Lipinski definition) is 2. The van der Waals surface area contributed by atoms with Gasteiger partial charge in [-0.3, -0.25) is 4.79 Å². The second-order valence-corrected chi connectivity index (χ2v) is 3.80. The first kappa shape index (κ1) is 13.3. The fourth-order valence-corrected chi connectivity index (χ4v) is 1.41. The fourth-order valence-electron chi connectivity index (χ4n) is 1.41. The molecule has 0 saturated carbocycles. The minimum Gasteiger partial charge on any atom is -0.497 e. The Morgan fingerprint density at radius 1 is 1.41 bits per heavy atom. The Morgan fingerprint density at radius 3 is 2.65 bits per heavy atom. The molecule has 1 aromatic rings. The Labute approximate surface area is 101 Å². The lowest BCUT2D eigenvalue weighted by atomic mass is 10.2. The third-order valence-electron chi connectivity index (χ3n) is 2.19. The van der Waals surface area contributed by atoms with E-state index in [0.29, 0.717) is 17.2 Å². The van der Waals surface area contributed by atoms with E-state index >= 15 is 0 Å². The lowest BCUT2D eigenvalue weighted by molar-refractivity contribution is -0.116. The molecule has 0 heterocycles. The number of nitrogens with two attached hydrogens (primary N) is 1. The minimum absolute atomic E-state index is 0.147. The highest BCUT2D eigenvalue weighted by molar-refractivity contribution is 5.92. The number of carbonyl (C=O) groups excluding carboxylic acids is 1. The molecule has 0 fully saturated rings. The highest BCUT2D eigenvalue weighted by atomic mass is 16.5. The maximum absolute atomic E-state index is 11.6. The van der Waals surface area contributed by atoms with Crippen LogP contribution < -0.4 is 20.5 Å². The molecule has 3 N–H and O–H groups in total. The minimum atomic E-state index is -0.174. The van der Waals surface area contributed by atoms with Crippen LogP contribution in [0.3, 0.4) is 0 Å². The number of nitrogens with one attached hydrogen (secondary N) is 1. The van der Waals surface area contributed by atoms with Gasteiger partial charge in [0.15, 0.2) is 0 Å². The van der Waals surface area contributed by atoms with Crippen LogP contribution in [0.5, 0.6) is 11.5 Å². The van der Waals surface area contributed by atoms with E-state index in [1.807, 2.05) is 0 Å². The number of carbonyl (C=O) groups is 1. The van der Waals surface area contributed by atoms with Crippen molar-refractivity contribution in [3.8, 4) is 11.5 Å². The van der Waals surface area contributed by atoms with Gasteiger partial charge in [-0.1, -0.05) is 0 Å². The van der Waals surface area contributed by atoms with Crippen LogP contribution in [0, 0.1) is 0 Å². The molecule has 5 heteroatoms. The molecule has 1 atom stereocenters. The Morgan fingerprint density at radius 2 is 2.12 bits per heavy atom. The molecule has 1 unspecified atom stereocenters. The third kappa shape index (κ3) is 3.96. The first-order valence-corrected chi connectivity index (χ1v) is 5.34. The van der Waals surface area contributed by atoms with E-state index < -0.39 is 0 Å². The lowest BCUT2D eigenvalue weighted by Gasteiger charge is -2.12. The van der Waals surface area contributed by atoms with Gasteiger partial charge in [0.05, 0.1) is 19.9 Å². The van der Waals surface area contributed by atoms with Crippen molar-refractivity contribution in [2.45, 2.75) is 19.4 Å². The molecule has 0 bridgehead atoms. The Bertz CT molecular complexity index is 391. The largest absolute Gasteiger partial charge is 0.497 e. The molecule has 1 amide bonds. The summed E-state index contributed by atoms with van der Waals surface area (Å²) in [5.74, 6) is 1.09. The summed E-state index contributed by atoms with van der Waals surface area (Å²) >= 11 is 0. The van der Waals surface area contributed by atoms with Crippen LogP contribution in [0.2, 0.25) is 0 Å². The Hall–Kier alpha value is -1.75. The standard InChI is InChI=1S/C12H18N2O3/c1-8(13)6-12(15)14-10-7-9(16-2)4-5-11(10)17-3/h4-5,7-8H,6,13H2,1-3H3,(H,14,15). The zero-order valence-electron chi connectivity index (χ0n) is 10.3. The van der Waals surface area contributed by atoms with Crippen molar-refractivity contribution >= 4 is 11.6 Å².